The summed E-state index contributed by atoms with van der Waals surface area (Å²) < 4.78 is 0. The average Bonchev–Trinajstić information content (AvgIpc) is 2.76. The fourth-order valence-electron chi connectivity index (χ4n) is 3.48. The summed E-state index contributed by atoms with van der Waals surface area (Å²) in [5, 5.41) is 15.5. The molecule has 0 radical (unpaired) electrons. The molecule has 2 rings (SSSR count). The van der Waals surface area contributed by atoms with Gasteiger partial charge in [0.2, 0.25) is 11.8 Å². The first-order valence-corrected chi connectivity index (χ1v) is 10.7. The van der Waals surface area contributed by atoms with E-state index in [0.717, 1.165) is 17.5 Å². The van der Waals surface area contributed by atoms with E-state index in [1.807, 2.05) is 88.4 Å². The molecule has 30 heavy (non-hydrogen) atoms. The molecule has 0 heterocycles. The van der Waals surface area contributed by atoms with Gasteiger partial charge in [-0.05, 0) is 23.0 Å². The number of aliphatic hydroxyl groups excluding tert-OH is 1. The van der Waals surface area contributed by atoms with Crippen LogP contribution in [0, 0.1) is 11.8 Å². The largest absolute Gasteiger partial charge is 0.394 e. The van der Waals surface area contributed by atoms with Crippen LogP contribution in [0.4, 0.5) is 0 Å². The third-order valence-electron chi connectivity index (χ3n) is 5.63. The third kappa shape index (κ3) is 6.17. The van der Waals surface area contributed by atoms with Crippen LogP contribution in [0.2, 0.25) is 0 Å². The van der Waals surface area contributed by atoms with Crippen molar-refractivity contribution >= 4 is 11.8 Å². The zero-order chi connectivity index (χ0) is 22.1. The second kappa shape index (κ2) is 11.5. The van der Waals surface area contributed by atoms with Gasteiger partial charge in [-0.3, -0.25) is 9.59 Å². The Balaban J connectivity index is 2.25. The predicted octanol–water partition coefficient (Wildman–Crippen LogP) is 3.48. The molecule has 0 fully saturated rings. The highest BCUT2D eigenvalue weighted by molar-refractivity contribution is 5.92. The van der Waals surface area contributed by atoms with E-state index in [-0.39, 0.29) is 36.3 Å². The molecule has 0 aliphatic rings. The van der Waals surface area contributed by atoms with Crippen molar-refractivity contribution in [2.45, 2.75) is 52.1 Å². The van der Waals surface area contributed by atoms with Crippen LogP contribution in [-0.4, -0.2) is 35.6 Å². The second-order valence-electron chi connectivity index (χ2n) is 8.17. The summed E-state index contributed by atoms with van der Waals surface area (Å²) in [7, 11) is 0. The van der Waals surface area contributed by atoms with E-state index in [9.17, 15) is 14.7 Å². The van der Waals surface area contributed by atoms with Gasteiger partial charge in [0.15, 0.2) is 0 Å². The maximum atomic E-state index is 13.4. The van der Waals surface area contributed by atoms with E-state index >= 15 is 0 Å². The van der Waals surface area contributed by atoms with Crippen molar-refractivity contribution in [3.05, 3.63) is 71.8 Å². The fourth-order valence-corrected chi connectivity index (χ4v) is 3.48. The van der Waals surface area contributed by atoms with Gasteiger partial charge in [-0.1, -0.05) is 94.8 Å². The van der Waals surface area contributed by atoms with Crippen molar-refractivity contribution < 1.29 is 14.7 Å². The minimum absolute atomic E-state index is 0.0996. The van der Waals surface area contributed by atoms with E-state index < -0.39 is 12.0 Å². The van der Waals surface area contributed by atoms with E-state index in [1.54, 1.807) is 0 Å². The Hall–Kier alpha value is -2.66. The molecule has 0 saturated heterocycles. The van der Waals surface area contributed by atoms with Gasteiger partial charge in [-0.2, -0.15) is 0 Å². The zero-order valence-corrected chi connectivity index (χ0v) is 18.3. The third-order valence-corrected chi connectivity index (χ3v) is 5.63. The number of hydrogen-bond donors (Lipinski definition) is 3. The Morgan fingerprint density at radius 2 is 1.33 bits per heavy atom. The Bertz CT molecular complexity index is 753. The number of benzene rings is 2. The molecule has 0 bridgehead atoms. The predicted molar refractivity (Wildman–Crippen MR) is 120 cm³/mol. The normalized spacial score (nSPS) is 14.2. The number of amides is 2. The van der Waals surface area contributed by atoms with Crippen LogP contribution in [0.5, 0.6) is 0 Å². The lowest BCUT2D eigenvalue weighted by Crippen LogP contribution is -2.54. The molecule has 2 aromatic rings. The van der Waals surface area contributed by atoms with Crippen LogP contribution in [0.15, 0.2) is 60.7 Å². The minimum atomic E-state index is -0.689. The fraction of sp³-hybridized carbons (Fsp3) is 0.440. The van der Waals surface area contributed by atoms with Gasteiger partial charge in [0.1, 0.15) is 6.04 Å². The minimum Gasteiger partial charge on any atom is -0.394 e. The van der Waals surface area contributed by atoms with E-state index in [2.05, 4.69) is 10.6 Å². The van der Waals surface area contributed by atoms with Gasteiger partial charge < -0.3 is 15.7 Å². The lowest BCUT2D eigenvalue weighted by atomic mass is 9.89. The number of carbonyl (C=O) groups is 2. The molecule has 0 saturated carbocycles. The second-order valence-corrected chi connectivity index (χ2v) is 8.17. The molecule has 2 amide bonds. The Kier molecular flexibility index (Phi) is 9.06. The molecular formula is C25H34N2O3. The van der Waals surface area contributed by atoms with Crippen molar-refractivity contribution in [1.82, 2.24) is 10.6 Å². The van der Waals surface area contributed by atoms with Gasteiger partial charge in [0.25, 0.3) is 0 Å². The topological polar surface area (TPSA) is 78.4 Å². The van der Waals surface area contributed by atoms with Crippen molar-refractivity contribution in [1.29, 1.82) is 0 Å². The van der Waals surface area contributed by atoms with Crippen LogP contribution in [0.25, 0.3) is 0 Å². The molecule has 0 spiro atoms. The van der Waals surface area contributed by atoms with Crippen LogP contribution in [-0.2, 0) is 9.59 Å². The maximum Gasteiger partial charge on any atom is 0.243 e. The molecule has 0 aliphatic carbocycles. The van der Waals surface area contributed by atoms with Crippen LogP contribution in [0.3, 0.4) is 0 Å². The highest BCUT2D eigenvalue weighted by Crippen LogP contribution is 2.25. The van der Waals surface area contributed by atoms with Crippen LogP contribution < -0.4 is 10.6 Å². The number of carbonyl (C=O) groups excluding carboxylic acids is 2. The SMILES string of the molecule is CC[C@H](C)[C@@H](CO)NC(=O)[C@@H](NC(=O)C(c1ccccc1)c1ccccc1)C(C)C. The molecule has 0 unspecified atom stereocenters. The van der Waals surface area contributed by atoms with Crippen molar-refractivity contribution in [2.75, 3.05) is 6.61 Å². The molecule has 3 N–H and O–H groups in total. The summed E-state index contributed by atoms with van der Waals surface area (Å²) in [4.78, 5) is 26.3. The molecule has 0 aliphatic heterocycles. The summed E-state index contributed by atoms with van der Waals surface area (Å²) >= 11 is 0. The van der Waals surface area contributed by atoms with Gasteiger partial charge in [0.05, 0.1) is 18.6 Å². The monoisotopic (exact) mass is 410 g/mol. The molecule has 5 heteroatoms. The number of rotatable bonds is 10. The smallest absolute Gasteiger partial charge is 0.243 e. The molecule has 162 valence electrons. The standard InChI is InChI=1S/C25H34N2O3/c1-5-18(4)21(16-28)26-25(30)23(17(2)3)27-24(29)22(19-12-8-6-9-13-19)20-14-10-7-11-15-20/h6-15,17-18,21-23,28H,5,16H2,1-4H3,(H,26,30)(H,27,29)/t18-,21+,23-/m0/s1. The van der Waals surface area contributed by atoms with E-state index in [4.69, 9.17) is 0 Å². The van der Waals surface area contributed by atoms with Gasteiger partial charge >= 0.3 is 0 Å². The molecule has 5 nitrogen and oxygen atoms in total. The summed E-state index contributed by atoms with van der Waals surface area (Å²) in [5.74, 6) is -0.950. The molecular weight excluding hydrogens is 376 g/mol. The summed E-state index contributed by atoms with van der Waals surface area (Å²) in [5.41, 5.74) is 1.74. The van der Waals surface area contributed by atoms with Gasteiger partial charge in [-0.15, -0.1) is 0 Å². The first-order valence-electron chi connectivity index (χ1n) is 10.7. The average molecular weight is 411 g/mol. The highest BCUT2D eigenvalue weighted by atomic mass is 16.3. The first kappa shape index (κ1) is 23.6. The Morgan fingerprint density at radius 3 is 1.73 bits per heavy atom. The summed E-state index contributed by atoms with van der Waals surface area (Å²) in [6.07, 6.45) is 0.842. The van der Waals surface area contributed by atoms with Crippen molar-refractivity contribution in [3.63, 3.8) is 0 Å². The lowest BCUT2D eigenvalue weighted by molar-refractivity contribution is -0.131. The van der Waals surface area contributed by atoms with E-state index in [0.29, 0.717) is 0 Å². The van der Waals surface area contributed by atoms with Crippen molar-refractivity contribution in [2.24, 2.45) is 11.8 Å². The Morgan fingerprint density at radius 1 is 0.833 bits per heavy atom. The van der Waals surface area contributed by atoms with Crippen molar-refractivity contribution in [3.8, 4) is 0 Å². The lowest BCUT2D eigenvalue weighted by Gasteiger charge is -2.29. The summed E-state index contributed by atoms with van der Waals surface area (Å²) in [6, 6.07) is 18.1. The maximum absolute atomic E-state index is 13.4. The highest BCUT2D eigenvalue weighted by Gasteiger charge is 2.31. The number of hydrogen-bond acceptors (Lipinski definition) is 3. The van der Waals surface area contributed by atoms with E-state index in [1.165, 1.54) is 0 Å². The molecule has 3 atom stereocenters. The van der Waals surface area contributed by atoms with Crippen LogP contribution >= 0.6 is 0 Å². The molecule has 2 aromatic carbocycles. The Labute approximate surface area is 179 Å². The number of aliphatic hydroxyl groups is 1. The van der Waals surface area contributed by atoms with Crippen LogP contribution in [0.1, 0.15) is 51.2 Å². The van der Waals surface area contributed by atoms with Gasteiger partial charge in [-0.25, -0.2) is 0 Å². The summed E-state index contributed by atoms with van der Waals surface area (Å²) in [6.45, 7) is 7.69. The zero-order valence-electron chi connectivity index (χ0n) is 18.3. The number of nitrogens with one attached hydrogen (secondary N) is 2. The quantitative estimate of drug-likeness (QED) is 0.561. The first-order chi connectivity index (χ1) is 14.4. The van der Waals surface area contributed by atoms with Gasteiger partial charge in [0, 0.05) is 0 Å². The molecule has 0 aromatic heterocycles.